The molecular weight excluding hydrogens is 212 g/mol. The molecule has 1 aromatic rings. The number of nitrogens with one attached hydrogen (secondary N) is 1. The average molecular weight is 230 g/mol. The molecule has 1 N–H and O–H groups in total. The molecule has 0 aliphatic heterocycles. The van der Waals surface area contributed by atoms with E-state index < -0.39 is 0 Å². The molecule has 0 unspecified atom stereocenters. The molecule has 2 aliphatic carbocycles. The van der Waals surface area contributed by atoms with Crippen molar-refractivity contribution in [3.05, 3.63) is 30.1 Å². The summed E-state index contributed by atoms with van der Waals surface area (Å²) in [5.74, 6) is 2.00. The van der Waals surface area contributed by atoms with Gasteiger partial charge in [-0.05, 0) is 43.2 Å². The lowest BCUT2D eigenvalue weighted by molar-refractivity contribution is -0.126. The summed E-state index contributed by atoms with van der Waals surface area (Å²) >= 11 is 0. The molecule has 90 valence electrons. The Morgan fingerprint density at radius 2 is 2.29 bits per heavy atom. The summed E-state index contributed by atoms with van der Waals surface area (Å²) in [6.07, 6.45) is 6.75. The number of hydrogen-bond acceptors (Lipinski definition) is 2. The van der Waals surface area contributed by atoms with Crippen LogP contribution in [0.5, 0.6) is 0 Å². The van der Waals surface area contributed by atoms with Crippen LogP contribution in [0.4, 0.5) is 0 Å². The van der Waals surface area contributed by atoms with Gasteiger partial charge in [0.15, 0.2) is 0 Å². The van der Waals surface area contributed by atoms with Crippen molar-refractivity contribution in [3.63, 3.8) is 0 Å². The standard InChI is InChI=1S/C14H18N2O/c17-14(13-8-10-4-5-11(13)7-10)16-9-12-3-1-2-6-15-12/h1-3,6,10-11,13H,4-5,7-9H2,(H,16,17)/t10-,11-,13+/m0/s1. The van der Waals surface area contributed by atoms with Gasteiger partial charge in [0, 0.05) is 12.1 Å². The van der Waals surface area contributed by atoms with Gasteiger partial charge in [-0.2, -0.15) is 0 Å². The van der Waals surface area contributed by atoms with E-state index in [1.165, 1.54) is 19.3 Å². The van der Waals surface area contributed by atoms with Gasteiger partial charge in [-0.25, -0.2) is 0 Å². The number of amides is 1. The van der Waals surface area contributed by atoms with Crippen molar-refractivity contribution in [2.75, 3.05) is 0 Å². The SMILES string of the molecule is O=C(NCc1ccccn1)[C@@H]1C[C@H]2CC[C@H]1C2. The maximum atomic E-state index is 12.1. The molecule has 3 heteroatoms. The van der Waals surface area contributed by atoms with Gasteiger partial charge in [-0.1, -0.05) is 12.5 Å². The van der Waals surface area contributed by atoms with Gasteiger partial charge in [0.1, 0.15) is 0 Å². The lowest BCUT2D eigenvalue weighted by atomic mass is 9.88. The molecule has 1 amide bonds. The first-order valence-electron chi connectivity index (χ1n) is 6.50. The minimum absolute atomic E-state index is 0.239. The number of pyridine rings is 1. The number of hydrogen-bond donors (Lipinski definition) is 1. The first-order valence-corrected chi connectivity index (χ1v) is 6.50. The molecule has 1 aromatic heterocycles. The summed E-state index contributed by atoms with van der Waals surface area (Å²) in [6.45, 7) is 0.563. The first-order chi connectivity index (χ1) is 8.33. The molecule has 3 rings (SSSR count). The Morgan fingerprint density at radius 1 is 1.35 bits per heavy atom. The van der Waals surface area contributed by atoms with Crippen molar-refractivity contribution in [2.45, 2.75) is 32.2 Å². The Hall–Kier alpha value is -1.38. The molecule has 0 spiro atoms. The highest BCUT2D eigenvalue weighted by molar-refractivity contribution is 5.79. The highest BCUT2D eigenvalue weighted by atomic mass is 16.1. The zero-order chi connectivity index (χ0) is 11.7. The third-order valence-electron chi connectivity index (χ3n) is 4.24. The Balaban J connectivity index is 1.54. The highest BCUT2D eigenvalue weighted by Gasteiger charge is 2.42. The molecule has 0 saturated heterocycles. The van der Waals surface area contributed by atoms with E-state index in [4.69, 9.17) is 0 Å². The van der Waals surface area contributed by atoms with Gasteiger partial charge in [0.25, 0.3) is 0 Å². The minimum atomic E-state index is 0.239. The van der Waals surface area contributed by atoms with Crippen LogP contribution in [0, 0.1) is 17.8 Å². The zero-order valence-electron chi connectivity index (χ0n) is 9.93. The fraction of sp³-hybridized carbons (Fsp3) is 0.571. The predicted octanol–water partition coefficient (Wildman–Crippen LogP) is 2.13. The lowest BCUT2D eigenvalue weighted by Gasteiger charge is -2.20. The third kappa shape index (κ3) is 2.19. The number of carbonyl (C=O) groups excluding carboxylic acids is 1. The average Bonchev–Trinajstić information content (AvgIpc) is 2.99. The van der Waals surface area contributed by atoms with Gasteiger partial charge in [-0.15, -0.1) is 0 Å². The van der Waals surface area contributed by atoms with Crippen molar-refractivity contribution in [1.82, 2.24) is 10.3 Å². The molecule has 0 aromatic carbocycles. The molecule has 2 bridgehead atoms. The molecule has 0 radical (unpaired) electrons. The first kappa shape index (κ1) is 10.8. The van der Waals surface area contributed by atoms with Gasteiger partial charge in [-0.3, -0.25) is 9.78 Å². The fourth-order valence-corrected chi connectivity index (χ4v) is 3.38. The topological polar surface area (TPSA) is 42.0 Å². The molecule has 3 nitrogen and oxygen atoms in total. The molecule has 1 heterocycles. The summed E-state index contributed by atoms with van der Waals surface area (Å²) in [6, 6.07) is 5.79. The van der Waals surface area contributed by atoms with Crippen LogP contribution in [0.25, 0.3) is 0 Å². The van der Waals surface area contributed by atoms with E-state index in [-0.39, 0.29) is 11.8 Å². The Bertz CT molecular complexity index is 404. The van der Waals surface area contributed by atoms with E-state index >= 15 is 0 Å². The van der Waals surface area contributed by atoms with Crippen LogP contribution >= 0.6 is 0 Å². The molecule has 2 fully saturated rings. The van der Waals surface area contributed by atoms with Crippen molar-refractivity contribution in [2.24, 2.45) is 17.8 Å². The van der Waals surface area contributed by atoms with Gasteiger partial charge >= 0.3 is 0 Å². The minimum Gasteiger partial charge on any atom is -0.350 e. The summed E-state index contributed by atoms with van der Waals surface area (Å²) < 4.78 is 0. The maximum Gasteiger partial charge on any atom is 0.223 e. The summed E-state index contributed by atoms with van der Waals surface area (Å²) in [5, 5.41) is 3.02. The second-order valence-electron chi connectivity index (χ2n) is 5.32. The van der Waals surface area contributed by atoms with E-state index in [0.29, 0.717) is 12.5 Å². The molecule has 2 saturated carbocycles. The van der Waals surface area contributed by atoms with Gasteiger partial charge in [0.05, 0.1) is 12.2 Å². The van der Waals surface area contributed by atoms with Crippen LogP contribution in [0.2, 0.25) is 0 Å². The summed E-state index contributed by atoms with van der Waals surface area (Å²) in [4.78, 5) is 16.3. The van der Waals surface area contributed by atoms with E-state index in [9.17, 15) is 4.79 Å². The van der Waals surface area contributed by atoms with Crippen molar-refractivity contribution in [1.29, 1.82) is 0 Å². The second kappa shape index (κ2) is 4.47. The molecule has 3 atom stereocenters. The van der Waals surface area contributed by atoms with Crippen LogP contribution in [-0.2, 0) is 11.3 Å². The van der Waals surface area contributed by atoms with Crippen LogP contribution in [0.3, 0.4) is 0 Å². The predicted molar refractivity (Wildman–Crippen MR) is 65.0 cm³/mol. The maximum absolute atomic E-state index is 12.1. The summed E-state index contributed by atoms with van der Waals surface area (Å²) in [5.41, 5.74) is 0.934. The number of carbonyl (C=O) groups is 1. The number of fused-ring (bicyclic) bond motifs is 2. The zero-order valence-corrected chi connectivity index (χ0v) is 9.93. The van der Waals surface area contributed by atoms with Gasteiger partial charge < -0.3 is 5.32 Å². The Labute approximate surface area is 102 Å². The van der Waals surface area contributed by atoms with Crippen molar-refractivity contribution < 1.29 is 4.79 Å². The third-order valence-corrected chi connectivity index (χ3v) is 4.24. The van der Waals surface area contributed by atoms with E-state index in [0.717, 1.165) is 18.0 Å². The van der Waals surface area contributed by atoms with E-state index in [1.54, 1.807) is 6.20 Å². The quantitative estimate of drug-likeness (QED) is 0.864. The van der Waals surface area contributed by atoms with Crippen molar-refractivity contribution in [3.8, 4) is 0 Å². The van der Waals surface area contributed by atoms with Crippen LogP contribution in [0.15, 0.2) is 24.4 Å². The van der Waals surface area contributed by atoms with Crippen molar-refractivity contribution >= 4 is 5.91 Å². The molecule has 2 aliphatic rings. The van der Waals surface area contributed by atoms with Crippen LogP contribution in [-0.4, -0.2) is 10.9 Å². The van der Waals surface area contributed by atoms with E-state index in [1.807, 2.05) is 18.2 Å². The van der Waals surface area contributed by atoms with Crippen LogP contribution < -0.4 is 5.32 Å². The number of rotatable bonds is 3. The highest BCUT2D eigenvalue weighted by Crippen LogP contribution is 2.48. The van der Waals surface area contributed by atoms with Gasteiger partial charge in [0.2, 0.25) is 5.91 Å². The lowest BCUT2D eigenvalue weighted by Crippen LogP contribution is -2.33. The Morgan fingerprint density at radius 3 is 2.94 bits per heavy atom. The van der Waals surface area contributed by atoms with Crippen LogP contribution in [0.1, 0.15) is 31.4 Å². The number of aromatic nitrogens is 1. The second-order valence-corrected chi connectivity index (χ2v) is 5.32. The molecule has 17 heavy (non-hydrogen) atoms. The number of nitrogens with zero attached hydrogens (tertiary/aromatic N) is 1. The molecular formula is C14H18N2O. The normalized spacial score (nSPS) is 30.5. The Kier molecular flexibility index (Phi) is 2.83. The fourth-order valence-electron chi connectivity index (χ4n) is 3.38. The monoisotopic (exact) mass is 230 g/mol. The van der Waals surface area contributed by atoms with E-state index in [2.05, 4.69) is 10.3 Å². The largest absolute Gasteiger partial charge is 0.350 e. The smallest absolute Gasteiger partial charge is 0.223 e. The summed E-state index contributed by atoms with van der Waals surface area (Å²) in [7, 11) is 0.